The van der Waals surface area contributed by atoms with Gasteiger partial charge in [-0.1, -0.05) is 37.7 Å². The van der Waals surface area contributed by atoms with Crippen LogP contribution in [0.25, 0.3) is 5.69 Å². The van der Waals surface area contributed by atoms with Crippen LogP contribution in [-0.2, 0) is 4.79 Å². The molecule has 2 heterocycles. The molecule has 0 bridgehead atoms. The molecule has 0 atom stereocenters. The SMILES string of the molecule is CC(C)c1ccc(-n2cnnc2SCC(=O)Nc2ccc3c(c2)OC2(CCCC2)O3)cc1. The Morgan fingerprint density at radius 2 is 1.88 bits per heavy atom. The monoisotopic (exact) mass is 450 g/mol. The van der Waals surface area contributed by atoms with Crippen LogP contribution >= 0.6 is 11.8 Å². The molecule has 1 aliphatic carbocycles. The Morgan fingerprint density at radius 3 is 2.62 bits per heavy atom. The molecule has 2 aliphatic rings. The van der Waals surface area contributed by atoms with Crippen LogP contribution < -0.4 is 14.8 Å². The highest BCUT2D eigenvalue weighted by molar-refractivity contribution is 7.99. The van der Waals surface area contributed by atoms with Gasteiger partial charge < -0.3 is 14.8 Å². The lowest BCUT2D eigenvalue weighted by Gasteiger charge is -2.21. The van der Waals surface area contributed by atoms with Gasteiger partial charge in [0.1, 0.15) is 6.33 Å². The first kappa shape index (κ1) is 20.9. The lowest BCUT2D eigenvalue weighted by molar-refractivity contribution is -0.113. The number of rotatable bonds is 6. The summed E-state index contributed by atoms with van der Waals surface area (Å²) in [5.41, 5.74) is 2.94. The fourth-order valence-electron chi connectivity index (χ4n) is 4.14. The Kier molecular flexibility index (Phi) is 5.55. The summed E-state index contributed by atoms with van der Waals surface area (Å²) in [5, 5.41) is 11.8. The van der Waals surface area contributed by atoms with E-state index in [4.69, 9.17) is 9.47 Å². The molecule has 32 heavy (non-hydrogen) atoms. The average molecular weight is 451 g/mol. The minimum atomic E-state index is -0.502. The standard InChI is InChI=1S/C24H26N4O3S/c1-16(2)17-5-8-19(9-6-17)28-15-25-27-23(28)32-14-22(29)26-18-7-10-20-21(13-18)31-24(30-20)11-3-4-12-24/h5-10,13,15-16H,3-4,11-12,14H2,1-2H3,(H,26,29). The number of nitrogens with zero attached hydrogens (tertiary/aromatic N) is 3. The molecule has 7 nitrogen and oxygen atoms in total. The minimum Gasteiger partial charge on any atom is -0.448 e. The second kappa shape index (κ2) is 8.50. The number of amides is 1. The first-order chi connectivity index (χ1) is 15.5. The quantitative estimate of drug-likeness (QED) is 0.523. The van der Waals surface area contributed by atoms with Crippen molar-refractivity contribution in [2.24, 2.45) is 0 Å². The fraction of sp³-hybridized carbons (Fsp3) is 0.375. The molecule has 1 spiro atoms. The summed E-state index contributed by atoms with van der Waals surface area (Å²) in [6, 6.07) is 13.9. The van der Waals surface area contributed by atoms with E-state index >= 15 is 0 Å². The first-order valence-corrected chi connectivity index (χ1v) is 11.9. The van der Waals surface area contributed by atoms with Gasteiger partial charge in [-0.25, -0.2) is 0 Å². The summed E-state index contributed by atoms with van der Waals surface area (Å²) in [5.74, 6) is 1.52. The van der Waals surface area contributed by atoms with E-state index in [1.165, 1.54) is 17.3 Å². The summed E-state index contributed by atoms with van der Waals surface area (Å²) in [7, 11) is 0. The molecule has 166 valence electrons. The number of nitrogens with one attached hydrogen (secondary N) is 1. The van der Waals surface area contributed by atoms with E-state index in [1.54, 1.807) is 6.33 Å². The average Bonchev–Trinajstić information content (AvgIpc) is 3.52. The van der Waals surface area contributed by atoms with E-state index < -0.39 is 5.79 Å². The molecule has 1 aromatic heterocycles. The Hall–Kier alpha value is -3.00. The highest BCUT2D eigenvalue weighted by Gasteiger charge is 2.44. The molecule has 1 saturated carbocycles. The summed E-state index contributed by atoms with van der Waals surface area (Å²) in [6.07, 6.45) is 5.70. The highest BCUT2D eigenvalue weighted by Crippen LogP contribution is 2.47. The van der Waals surface area contributed by atoms with E-state index in [2.05, 4.69) is 41.5 Å². The number of carbonyl (C=O) groups excluding carboxylic acids is 1. The van der Waals surface area contributed by atoms with Gasteiger partial charge in [-0.3, -0.25) is 9.36 Å². The summed E-state index contributed by atoms with van der Waals surface area (Å²) in [4.78, 5) is 12.6. The van der Waals surface area contributed by atoms with Crippen LogP contribution in [0.1, 0.15) is 51.0 Å². The summed E-state index contributed by atoms with van der Waals surface area (Å²) in [6.45, 7) is 4.33. The summed E-state index contributed by atoms with van der Waals surface area (Å²) < 4.78 is 14.0. The van der Waals surface area contributed by atoms with E-state index in [-0.39, 0.29) is 11.7 Å². The van der Waals surface area contributed by atoms with Crippen molar-refractivity contribution in [1.29, 1.82) is 0 Å². The molecular formula is C24H26N4O3S. The van der Waals surface area contributed by atoms with E-state index in [1.807, 2.05) is 34.9 Å². The van der Waals surface area contributed by atoms with Crippen LogP contribution in [0.4, 0.5) is 5.69 Å². The van der Waals surface area contributed by atoms with Crippen LogP contribution in [0, 0.1) is 0 Å². The maximum atomic E-state index is 12.6. The van der Waals surface area contributed by atoms with Crippen molar-refractivity contribution in [3.8, 4) is 17.2 Å². The molecule has 1 aliphatic heterocycles. The van der Waals surface area contributed by atoms with Crippen molar-refractivity contribution < 1.29 is 14.3 Å². The molecule has 2 aromatic carbocycles. The predicted molar refractivity (Wildman–Crippen MR) is 124 cm³/mol. The molecule has 1 N–H and O–H groups in total. The van der Waals surface area contributed by atoms with Crippen LogP contribution in [0.2, 0.25) is 0 Å². The topological polar surface area (TPSA) is 78.3 Å². The van der Waals surface area contributed by atoms with Gasteiger partial charge in [-0.15, -0.1) is 10.2 Å². The van der Waals surface area contributed by atoms with E-state index in [9.17, 15) is 4.79 Å². The second-order valence-electron chi connectivity index (χ2n) is 8.55. The zero-order valence-electron chi connectivity index (χ0n) is 18.2. The van der Waals surface area contributed by atoms with Crippen molar-refractivity contribution in [3.63, 3.8) is 0 Å². The predicted octanol–water partition coefficient (Wildman–Crippen LogP) is 5.16. The van der Waals surface area contributed by atoms with Crippen LogP contribution in [0.5, 0.6) is 11.5 Å². The zero-order valence-corrected chi connectivity index (χ0v) is 19.0. The number of hydrogen-bond acceptors (Lipinski definition) is 6. The lowest BCUT2D eigenvalue weighted by atomic mass is 10.0. The maximum Gasteiger partial charge on any atom is 0.251 e. The number of benzene rings is 2. The molecule has 1 amide bonds. The molecule has 5 rings (SSSR count). The molecule has 8 heteroatoms. The normalized spacial score (nSPS) is 16.1. The molecular weight excluding hydrogens is 424 g/mol. The zero-order chi connectivity index (χ0) is 22.1. The van der Waals surface area contributed by atoms with Crippen molar-refractivity contribution in [2.45, 2.75) is 56.4 Å². The molecule has 1 fully saturated rings. The largest absolute Gasteiger partial charge is 0.448 e. The van der Waals surface area contributed by atoms with Crippen molar-refractivity contribution in [1.82, 2.24) is 14.8 Å². The van der Waals surface area contributed by atoms with Crippen molar-refractivity contribution in [3.05, 3.63) is 54.4 Å². The van der Waals surface area contributed by atoms with Gasteiger partial charge in [0.25, 0.3) is 5.79 Å². The van der Waals surface area contributed by atoms with Gasteiger partial charge in [-0.05, 0) is 48.6 Å². The van der Waals surface area contributed by atoms with Gasteiger partial charge in [0.15, 0.2) is 16.7 Å². The van der Waals surface area contributed by atoms with Gasteiger partial charge in [0.2, 0.25) is 5.91 Å². The number of ether oxygens (including phenoxy) is 2. The van der Waals surface area contributed by atoms with Crippen LogP contribution in [-0.4, -0.2) is 32.2 Å². The maximum absolute atomic E-state index is 12.6. The Bertz CT molecular complexity index is 1120. The van der Waals surface area contributed by atoms with Crippen LogP contribution in [0.3, 0.4) is 0 Å². The Morgan fingerprint density at radius 1 is 1.12 bits per heavy atom. The third kappa shape index (κ3) is 4.19. The van der Waals surface area contributed by atoms with E-state index in [0.717, 1.165) is 37.1 Å². The lowest BCUT2D eigenvalue weighted by Crippen LogP contribution is -2.34. The number of thioether (sulfide) groups is 1. The Balaban J connectivity index is 1.20. The number of fused-ring (bicyclic) bond motifs is 1. The highest BCUT2D eigenvalue weighted by atomic mass is 32.2. The van der Waals surface area contributed by atoms with Gasteiger partial charge in [0, 0.05) is 30.3 Å². The molecule has 0 radical (unpaired) electrons. The number of carbonyl (C=O) groups is 1. The number of anilines is 1. The third-order valence-electron chi connectivity index (χ3n) is 5.87. The summed E-state index contributed by atoms with van der Waals surface area (Å²) >= 11 is 1.35. The molecule has 0 saturated heterocycles. The number of hydrogen-bond donors (Lipinski definition) is 1. The smallest absolute Gasteiger partial charge is 0.251 e. The fourth-order valence-corrected chi connectivity index (χ4v) is 4.87. The number of aromatic nitrogens is 3. The third-order valence-corrected chi connectivity index (χ3v) is 6.81. The van der Waals surface area contributed by atoms with Crippen molar-refractivity contribution >= 4 is 23.4 Å². The Labute approximate surface area is 191 Å². The second-order valence-corrected chi connectivity index (χ2v) is 9.49. The molecule has 3 aromatic rings. The van der Waals surface area contributed by atoms with Gasteiger partial charge >= 0.3 is 0 Å². The molecule has 0 unspecified atom stereocenters. The van der Waals surface area contributed by atoms with Gasteiger partial charge in [0.05, 0.1) is 5.75 Å². The van der Waals surface area contributed by atoms with E-state index in [0.29, 0.717) is 22.5 Å². The van der Waals surface area contributed by atoms with Crippen LogP contribution in [0.15, 0.2) is 53.9 Å². The first-order valence-electron chi connectivity index (χ1n) is 11.0. The minimum absolute atomic E-state index is 0.117. The van der Waals surface area contributed by atoms with Gasteiger partial charge in [-0.2, -0.15) is 0 Å². The van der Waals surface area contributed by atoms with Crippen molar-refractivity contribution in [2.75, 3.05) is 11.1 Å².